The highest BCUT2D eigenvalue weighted by atomic mass is 15.0. The van der Waals surface area contributed by atoms with Crippen molar-refractivity contribution in [2.45, 2.75) is 5.41 Å². The van der Waals surface area contributed by atoms with Crippen LogP contribution in [0.15, 0.2) is 151 Å². The summed E-state index contributed by atoms with van der Waals surface area (Å²) in [6, 6.07) is 24.9. The Labute approximate surface area is 264 Å². The number of hydrogen-bond acceptors (Lipinski definition) is 3. The van der Waals surface area contributed by atoms with Crippen LogP contribution in [0.2, 0.25) is 0 Å². The maximum absolute atomic E-state index is 8.69. The largest absolute Gasteiger partial charge is 0.208 e. The Morgan fingerprint density at radius 1 is 0.395 bits per heavy atom. The number of hydrogen-bond donors (Lipinski definition) is 0. The molecule has 1 spiro atoms. The normalized spacial score (nSPS) is 16.6. The van der Waals surface area contributed by atoms with Crippen LogP contribution in [0.1, 0.15) is 36.0 Å². The predicted molar refractivity (Wildman–Crippen MR) is 172 cm³/mol. The molecule has 0 saturated heterocycles. The molecule has 6 aromatic carbocycles. The van der Waals surface area contributed by atoms with Crippen molar-refractivity contribution in [2.75, 3.05) is 0 Å². The summed E-state index contributed by atoms with van der Waals surface area (Å²) in [4.78, 5) is 13.8. The average molecular weight is 558 g/mol. The molecule has 0 unspecified atom stereocenters. The molecule has 0 fully saturated rings. The quantitative estimate of drug-likeness (QED) is 0.217. The van der Waals surface area contributed by atoms with Crippen molar-refractivity contribution in [3.8, 4) is 56.4 Å². The Bertz CT molecular complexity index is 2560. The Hall–Kier alpha value is -5.67. The third-order valence-corrected chi connectivity index (χ3v) is 8.34. The summed E-state index contributed by atoms with van der Waals surface area (Å²) in [5.74, 6) is -0.579. The molecular formula is C40H25N3. The van der Waals surface area contributed by atoms with Crippen LogP contribution >= 0.6 is 0 Å². The van der Waals surface area contributed by atoms with Gasteiger partial charge in [-0.15, -0.1) is 0 Å². The predicted octanol–water partition coefficient (Wildman–Crippen LogP) is 9.22. The Kier molecular flexibility index (Phi) is 3.43. The first-order chi connectivity index (χ1) is 25.5. The molecule has 0 aliphatic heterocycles. The Morgan fingerprint density at radius 2 is 0.791 bits per heavy atom. The molecular weight excluding hydrogens is 522 g/mol. The van der Waals surface area contributed by atoms with Crippen LogP contribution in [-0.4, -0.2) is 15.0 Å². The van der Waals surface area contributed by atoms with Crippen molar-refractivity contribution >= 4 is 0 Å². The smallest absolute Gasteiger partial charge is 0.164 e. The molecule has 0 atom stereocenters. The van der Waals surface area contributed by atoms with Gasteiger partial charge in [0.05, 0.1) is 19.1 Å². The number of aromatic nitrogens is 3. The molecule has 7 aromatic rings. The molecule has 1 aromatic heterocycles. The second-order valence-electron chi connectivity index (χ2n) is 10.5. The molecule has 0 saturated carbocycles. The topological polar surface area (TPSA) is 38.7 Å². The molecule has 200 valence electrons. The average Bonchev–Trinajstić information content (AvgIpc) is 3.65. The van der Waals surface area contributed by atoms with Gasteiger partial charge in [-0.3, -0.25) is 0 Å². The van der Waals surface area contributed by atoms with Gasteiger partial charge < -0.3 is 0 Å². The summed E-state index contributed by atoms with van der Waals surface area (Å²) < 4.78 is 84.3. The van der Waals surface area contributed by atoms with Gasteiger partial charge in [0.25, 0.3) is 0 Å². The summed E-state index contributed by atoms with van der Waals surface area (Å²) in [5.41, 5.74) is 7.76. The van der Waals surface area contributed by atoms with Gasteiger partial charge >= 0.3 is 0 Å². The number of nitrogens with zero attached hydrogens (tertiary/aromatic N) is 3. The number of rotatable bonds is 3. The van der Waals surface area contributed by atoms with Gasteiger partial charge in [-0.25, -0.2) is 15.0 Å². The minimum atomic E-state index is -0.701. The fraction of sp³-hybridized carbons (Fsp3) is 0.0250. The van der Waals surface area contributed by atoms with E-state index in [0.717, 1.165) is 44.5 Å². The zero-order valence-electron chi connectivity index (χ0n) is 32.5. The van der Waals surface area contributed by atoms with Gasteiger partial charge in [-0.1, -0.05) is 145 Å². The van der Waals surface area contributed by atoms with Gasteiger partial charge in [0, 0.05) is 16.7 Å². The maximum atomic E-state index is 8.69. The Morgan fingerprint density at radius 3 is 1.26 bits per heavy atom. The molecule has 1 heterocycles. The first-order valence-electron chi connectivity index (χ1n) is 18.8. The summed E-state index contributed by atoms with van der Waals surface area (Å²) in [6.45, 7) is 0. The third kappa shape index (κ3) is 3.39. The van der Waals surface area contributed by atoms with Crippen LogP contribution in [0, 0.1) is 0 Å². The first-order valence-corrected chi connectivity index (χ1v) is 13.8. The molecule has 3 nitrogen and oxygen atoms in total. The van der Waals surface area contributed by atoms with Crippen molar-refractivity contribution in [2.24, 2.45) is 0 Å². The minimum Gasteiger partial charge on any atom is -0.208 e. The molecule has 0 N–H and O–H groups in total. The van der Waals surface area contributed by atoms with E-state index in [9.17, 15) is 0 Å². The molecule has 43 heavy (non-hydrogen) atoms. The summed E-state index contributed by atoms with van der Waals surface area (Å²) >= 11 is 0. The van der Waals surface area contributed by atoms with E-state index in [1.54, 1.807) is 0 Å². The maximum Gasteiger partial charge on any atom is 0.164 e. The van der Waals surface area contributed by atoms with Crippen LogP contribution in [0.5, 0.6) is 0 Å². The van der Waals surface area contributed by atoms with Gasteiger partial charge in [-0.05, 0) is 50.6 Å². The van der Waals surface area contributed by atoms with E-state index < -0.39 is 65.8 Å². The van der Waals surface area contributed by atoms with E-state index >= 15 is 0 Å². The standard InChI is InChI=1S/C40H25N3/c1-3-13-26(14-4-1)37-41-38(27-15-5-2-6-16-27)43-39(42-37)28-23-24-32-31-19-9-12-22-35(31)40(36(32)25-28)33-20-10-7-17-29(33)30-18-8-11-21-34(30)40/h1-25H/i1D,2D,3D,4D,5D,6D,13D,14D,15D,16D. The molecule has 2 aliphatic rings. The lowest BCUT2D eigenvalue weighted by molar-refractivity contribution is 0.794. The molecule has 3 heteroatoms. The van der Waals surface area contributed by atoms with E-state index in [-0.39, 0.29) is 28.6 Å². The molecule has 9 rings (SSSR count). The van der Waals surface area contributed by atoms with Crippen LogP contribution in [0.3, 0.4) is 0 Å². The zero-order chi connectivity index (χ0) is 37.1. The first kappa shape index (κ1) is 16.1. The van der Waals surface area contributed by atoms with Gasteiger partial charge in [0.1, 0.15) is 0 Å². The van der Waals surface area contributed by atoms with Crippen molar-refractivity contribution in [1.29, 1.82) is 0 Å². The highest BCUT2D eigenvalue weighted by Gasteiger charge is 2.51. The third-order valence-electron chi connectivity index (χ3n) is 8.34. The van der Waals surface area contributed by atoms with Crippen molar-refractivity contribution < 1.29 is 13.7 Å². The number of benzene rings is 6. The lowest BCUT2D eigenvalue weighted by Crippen LogP contribution is -2.25. The SMILES string of the molecule is [2H]c1c([2H])c([2H])c(-c2nc(-c3ccc4c(c3)C3(c5ccccc5-c5ccccc53)c3ccccc3-4)nc(-c3c([2H])c([2H])c([2H])c([2H])c3[2H])n2)c([2H])c1[2H]. The highest BCUT2D eigenvalue weighted by Crippen LogP contribution is 2.62. The summed E-state index contributed by atoms with van der Waals surface area (Å²) in [6.07, 6.45) is 0. The van der Waals surface area contributed by atoms with Crippen LogP contribution in [0.4, 0.5) is 0 Å². The molecule has 0 bridgehead atoms. The number of fused-ring (bicyclic) bond motifs is 10. The highest BCUT2D eigenvalue weighted by molar-refractivity contribution is 5.95. The molecule has 0 amide bonds. The van der Waals surface area contributed by atoms with Crippen LogP contribution in [-0.2, 0) is 5.41 Å². The van der Waals surface area contributed by atoms with Crippen LogP contribution < -0.4 is 0 Å². The lowest BCUT2D eigenvalue weighted by atomic mass is 9.70. The van der Waals surface area contributed by atoms with E-state index in [1.807, 2.05) is 54.6 Å². The monoisotopic (exact) mass is 557 g/mol. The van der Waals surface area contributed by atoms with Gasteiger partial charge in [0.15, 0.2) is 17.5 Å². The second-order valence-corrected chi connectivity index (χ2v) is 10.5. The summed E-state index contributed by atoms with van der Waals surface area (Å²) in [7, 11) is 0. The molecule has 0 radical (unpaired) electrons. The van der Waals surface area contributed by atoms with Gasteiger partial charge in [-0.2, -0.15) is 0 Å². The zero-order valence-corrected chi connectivity index (χ0v) is 22.5. The fourth-order valence-electron chi connectivity index (χ4n) is 6.69. The van der Waals surface area contributed by atoms with Crippen molar-refractivity contribution in [3.63, 3.8) is 0 Å². The van der Waals surface area contributed by atoms with Crippen LogP contribution in [0.25, 0.3) is 56.4 Å². The van der Waals surface area contributed by atoms with Crippen molar-refractivity contribution in [3.05, 3.63) is 174 Å². The van der Waals surface area contributed by atoms with E-state index in [1.165, 1.54) is 0 Å². The van der Waals surface area contributed by atoms with Crippen molar-refractivity contribution in [1.82, 2.24) is 15.0 Å². The summed E-state index contributed by atoms with van der Waals surface area (Å²) in [5, 5.41) is 0. The molecule has 2 aliphatic carbocycles. The van der Waals surface area contributed by atoms with E-state index in [0.29, 0.717) is 5.56 Å². The second kappa shape index (κ2) is 9.17. The lowest BCUT2D eigenvalue weighted by Gasteiger charge is -2.30. The fourth-order valence-corrected chi connectivity index (χ4v) is 6.69. The van der Waals surface area contributed by atoms with E-state index in [4.69, 9.17) is 13.7 Å². The van der Waals surface area contributed by atoms with Gasteiger partial charge in [0.2, 0.25) is 0 Å². The Balaban J connectivity index is 1.36. The van der Waals surface area contributed by atoms with E-state index in [2.05, 4.69) is 51.4 Å². The minimum absolute atomic E-state index is 0.0251.